The number of nitrogens with one attached hydrogen (secondary N) is 1. The lowest BCUT2D eigenvalue weighted by Crippen LogP contribution is -2.42. The first-order valence-corrected chi connectivity index (χ1v) is 16.1. The van der Waals surface area contributed by atoms with Crippen LogP contribution in [0.3, 0.4) is 0 Å². The minimum Gasteiger partial charge on any atom is -0.487 e. The summed E-state index contributed by atoms with van der Waals surface area (Å²) in [7, 11) is -3.93. The topological polar surface area (TPSA) is 92.8 Å². The lowest BCUT2D eigenvalue weighted by molar-refractivity contribution is -0.122. The predicted octanol–water partition coefficient (Wildman–Crippen LogP) is 5.70. The van der Waals surface area contributed by atoms with Crippen LogP contribution in [0.15, 0.2) is 48.6 Å². The molecule has 0 spiro atoms. The highest BCUT2D eigenvalue weighted by atomic mass is 35.5. The average Bonchev–Trinajstić information content (AvgIpc) is 2.92. The number of allylic oxidation sites excluding steroid dienone is 2. The van der Waals surface area contributed by atoms with Crippen LogP contribution in [-0.2, 0) is 27.8 Å². The molecule has 2 aromatic carbocycles. The maximum Gasteiger partial charge on any atom is 0.264 e. The minimum atomic E-state index is -3.93. The molecule has 0 unspecified atom stereocenters. The molecular weight excluding hydrogens is 548 g/mol. The van der Waals surface area contributed by atoms with Gasteiger partial charge < -0.3 is 9.64 Å². The standard InChI is InChI=1S/C31H37ClN2O5S/c1-20-6-5-8-29(35)27-13-10-24(27)18-34-15-4-3-7-22-16-26(32)12-9-25(22)19-39-30-14-11-23(17-28(30)34)31(36)33-40(37,38)21(20)2/h5,8-9,11-12,14,16-17,20-21,24,27H,3-4,6-7,10,13,15,18-19H2,1-2H3,(H,33,36)/b8-5+/t20-,21+,24-,27+/m0/s1. The Labute approximate surface area is 242 Å². The number of rotatable bonds is 0. The van der Waals surface area contributed by atoms with Crippen molar-refractivity contribution in [2.75, 3.05) is 18.0 Å². The van der Waals surface area contributed by atoms with Crippen molar-refractivity contribution in [2.24, 2.45) is 17.8 Å². The Kier molecular flexibility index (Phi) is 8.57. The van der Waals surface area contributed by atoms with Gasteiger partial charge in [-0.05, 0) is 105 Å². The van der Waals surface area contributed by atoms with Crippen molar-refractivity contribution in [1.29, 1.82) is 0 Å². The number of carbonyl (C=O) groups excluding carboxylic acids is 2. The number of ether oxygens (including phenoxy) is 1. The molecule has 2 aliphatic heterocycles. The molecule has 214 valence electrons. The SMILES string of the molecule is C[C@@H]1[C@@H](C)C/C=C/C(=O)[C@@H]2CC[C@H]2CN2CCCCc3cc(Cl)ccc3COc3ccc(cc32)C(=O)NS1(=O)=O. The number of carbonyl (C=O) groups is 2. The van der Waals surface area contributed by atoms with Gasteiger partial charge in [0.15, 0.2) is 5.78 Å². The van der Waals surface area contributed by atoms with E-state index in [0.29, 0.717) is 30.3 Å². The van der Waals surface area contributed by atoms with Gasteiger partial charge in [-0.2, -0.15) is 0 Å². The van der Waals surface area contributed by atoms with E-state index in [1.807, 2.05) is 25.1 Å². The maximum atomic E-state index is 13.2. The lowest BCUT2D eigenvalue weighted by Gasteiger charge is -2.40. The van der Waals surface area contributed by atoms with Gasteiger partial charge in [0.25, 0.3) is 5.91 Å². The zero-order chi connectivity index (χ0) is 28.4. The highest BCUT2D eigenvalue weighted by Gasteiger charge is 2.37. The Balaban J connectivity index is 1.54. The van der Waals surface area contributed by atoms with E-state index in [0.717, 1.165) is 55.5 Å². The van der Waals surface area contributed by atoms with Crippen molar-refractivity contribution in [3.8, 4) is 5.75 Å². The third-order valence-corrected chi connectivity index (χ3v) is 10.9. The Morgan fingerprint density at radius 1 is 1.02 bits per heavy atom. The summed E-state index contributed by atoms with van der Waals surface area (Å²) in [6, 6.07) is 10.9. The molecule has 0 radical (unpaired) electrons. The molecule has 40 heavy (non-hydrogen) atoms. The van der Waals surface area contributed by atoms with Crippen LogP contribution in [0, 0.1) is 17.8 Å². The summed E-state index contributed by atoms with van der Waals surface area (Å²) in [6.45, 7) is 5.14. The van der Waals surface area contributed by atoms with E-state index >= 15 is 0 Å². The molecule has 1 aliphatic carbocycles. The molecule has 1 fully saturated rings. The molecule has 0 saturated heterocycles. The molecular formula is C31H37ClN2O5S. The fourth-order valence-corrected chi connectivity index (χ4v) is 7.31. The minimum absolute atomic E-state index is 0.0546. The quantitative estimate of drug-likeness (QED) is 0.427. The largest absolute Gasteiger partial charge is 0.487 e. The van der Waals surface area contributed by atoms with Gasteiger partial charge in [0.05, 0.1) is 10.9 Å². The van der Waals surface area contributed by atoms with Crippen LogP contribution >= 0.6 is 11.6 Å². The number of anilines is 1. The number of fused-ring (bicyclic) bond motifs is 3. The third-order valence-electron chi connectivity index (χ3n) is 8.79. The van der Waals surface area contributed by atoms with Crippen LogP contribution < -0.4 is 14.4 Å². The Bertz CT molecular complexity index is 1420. The lowest BCUT2D eigenvalue weighted by atomic mass is 9.71. The summed E-state index contributed by atoms with van der Waals surface area (Å²) in [6.07, 6.45) is 8.39. The zero-order valence-corrected chi connectivity index (χ0v) is 24.6. The number of nitrogens with zero attached hydrogens (tertiary/aromatic N) is 1. The highest BCUT2D eigenvalue weighted by molar-refractivity contribution is 7.90. The second kappa shape index (κ2) is 12.0. The monoisotopic (exact) mass is 584 g/mol. The van der Waals surface area contributed by atoms with E-state index in [-0.39, 0.29) is 29.1 Å². The zero-order valence-electron chi connectivity index (χ0n) is 23.1. The van der Waals surface area contributed by atoms with Crippen LogP contribution in [0.25, 0.3) is 0 Å². The molecule has 1 amide bonds. The first kappa shape index (κ1) is 28.7. The van der Waals surface area contributed by atoms with Crippen LogP contribution in [0.1, 0.15) is 67.4 Å². The van der Waals surface area contributed by atoms with Gasteiger partial charge in [0, 0.05) is 29.6 Å². The Hall–Kier alpha value is -2.84. The molecule has 7 nitrogen and oxygen atoms in total. The third kappa shape index (κ3) is 6.23. The first-order valence-electron chi connectivity index (χ1n) is 14.2. The fourth-order valence-electron chi connectivity index (χ4n) is 5.83. The van der Waals surface area contributed by atoms with E-state index in [9.17, 15) is 18.0 Å². The fraction of sp³-hybridized carbons (Fsp3) is 0.484. The van der Waals surface area contributed by atoms with Crippen molar-refractivity contribution in [1.82, 2.24) is 4.72 Å². The number of amides is 1. The number of benzene rings is 2. The summed E-state index contributed by atoms with van der Waals surface area (Å²) < 4.78 is 34.8. The van der Waals surface area contributed by atoms with E-state index in [1.54, 1.807) is 37.3 Å². The number of sulfonamides is 1. The number of hydrogen-bond acceptors (Lipinski definition) is 6. The summed E-state index contributed by atoms with van der Waals surface area (Å²) >= 11 is 6.28. The number of aryl methyl sites for hydroxylation is 1. The maximum absolute atomic E-state index is 13.2. The van der Waals surface area contributed by atoms with Crippen molar-refractivity contribution in [3.63, 3.8) is 0 Å². The van der Waals surface area contributed by atoms with Gasteiger partial charge >= 0.3 is 0 Å². The molecule has 5 rings (SSSR count). The summed E-state index contributed by atoms with van der Waals surface area (Å²) in [5.41, 5.74) is 3.22. The molecule has 0 aromatic heterocycles. The van der Waals surface area contributed by atoms with Gasteiger partial charge in [-0.15, -0.1) is 0 Å². The number of hydrogen-bond donors (Lipinski definition) is 1. The second-order valence-corrected chi connectivity index (χ2v) is 13.9. The van der Waals surface area contributed by atoms with E-state index in [1.165, 1.54) is 0 Å². The molecule has 2 aromatic rings. The van der Waals surface area contributed by atoms with Gasteiger partial charge in [-0.3, -0.25) is 9.59 Å². The van der Waals surface area contributed by atoms with Gasteiger partial charge in [-0.1, -0.05) is 30.7 Å². The summed E-state index contributed by atoms with van der Waals surface area (Å²) in [4.78, 5) is 28.5. The average molecular weight is 585 g/mol. The van der Waals surface area contributed by atoms with Crippen LogP contribution in [0.5, 0.6) is 5.75 Å². The van der Waals surface area contributed by atoms with Gasteiger partial charge in [-0.25, -0.2) is 13.1 Å². The molecule has 1 saturated carbocycles. The van der Waals surface area contributed by atoms with E-state index in [2.05, 4.69) is 9.62 Å². The van der Waals surface area contributed by atoms with Gasteiger partial charge in [0.2, 0.25) is 10.0 Å². The van der Waals surface area contributed by atoms with Crippen molar-refractivity contribution < 1.29 is 22.7 Å². The molecule has 4 atom stereocenters. The van der Waals surface area contributed by atoms with Crippen LogP contribution in [-0.4, -0.2) is 38.4 Å². The van der Waals surface area contributed by atoms with E-state index < -0.39 is 21.2 Å². The van der Waals surface area contributed by atoms with Crippen LogP contribution in [0.2, 0.25) is 5.02 Å². The van der Waals surface area contributed by atoms with Gasteiger partial charge in [0.1, 0.15) is 12.4 Å². The number of ketones is 1. The molecule has 2 heterocycles. The smallest absolute Gasteiger partial charge is 0.264 e. The molecule has 2 bridgehead atoms. The van der Waals surface area contributed by atoms with Crippen LogP contribution in [0.4, 0.5) is 5.69 Å². The first-order chi connectivity index (χ1) is 19.1. The van der Waals surface area contributed by atoms with Crippen molar-refractivity contribution in [3.05, 3.63) is 70.3 Å². The second-order valence-electron chi connectivity index (χ2n) is 11.4. The number of halogens is 1. The molecule has 1 N–H and O–H groups in total. The van der Waals surface area contributed by atoms with Crippen molar-refractivity contribution in [2.45, 2.75) is 64.2 Å². The Morgan fingerprint density at radius 3 is 2.62 bits per heavy atom. The molecule has 9 heteroatoms. The highest BCUT2D eigenvalue weighted by Crippen LogP contribution is 2.39. The Morgan fingerprint density at radius 2 is 1.85 bits per heavy atom. The predicted molar refractivity (Wildman–Crippen MR) is 157 cm³/mol. The summed E-state index contributed by atoms with van der Waals surface area (Å²) in [5, 5.41) is -0.113. The summed E-state index contributed by atoms with van der Waals surface area (Å²) in [5.74, 6) is -0.0552. The van der Waals surface area contributed by atoms with Crippen molar-refractivity contribution >= 4 is 39.0 Å². The normalized spacial score (nSPS) is 28.0. The van der Waals surface area contributed by atoms with E-state index in [4.69, 9.17) is 16.3 Å². The molecule has 3 aliphatic rings.